The zero-order valence-corrected chi connectivity index (χ0v) is 23.1. The van der Waals surface area contributed by atoms with Crippen LogP contribution in [0.2, 0.25) is 0 Å². The second kappa shape index (κ2) is 8.00. The van der Waals surface area contributed by atoms with Gasteiger partial charge in [0.1, 0.15) is 5.60 Å². The van der Waals surface area contributed by atoms with Gasteiger partial charge >= 0.3 is 0 Å². The third-order valence-corrected chi connectivity index (χ3v) is 10.7. The minimum absolute atomic E-state index is 0.0349. The van der Waals surface area contributed by atoms with Gasteiger partial charge in [0.25, 0.3) is 0 Å². The number of halogens is 1. The fourth-order valence-electron chi connectivity index (χ4n) is 8.40. The molecule has 194 valence electrons. The highest BCUT2D eigenvalue weighted by atomic mass is 79.9. The van der Waals surface area contributed by atoms with E-state index in [0.29, 0.717) is 11.8 Å². The largest absolute Gasteiger partial charge is 0.394 e. The van der Waals surface area contributed by atoms with E-state index < -0.39 is 17.5 Å². The smallest absolute Gasteiger partial charge is 0.193 e. The van der Waals surface area contributed by atoms with E-state index in [2.05, 4.69) is 53.0 Å². The summed E-state index contributed by atoms with van der Waals surface area (Å²) in [7, 11) is 0. The van der Waals surface area contributed by atoms with Crippen molar-refractivity contribution in [1.82, 2.24) is 4.98 Å². The molecule has 5 aliphatic rings. The predicted octanol–water partition coefficient (Wildman–Crippen LogP) is 4.94. The number of ketones is 1. The lowest BCUT2D eigenvalue weighted by Crippen LogP contribution is -2.60. The van der Waals surface area contributed by atoms with Crippen molar-refractivity contribution in [3.05, 3.63) is 45.6 Å². The van der Waals surface area contributed by atoms with E-state index in [1.807, 2.05) is 19.9 Å². The molecule has 6 nitrogen and oxygen atoms in total. The maximum atomic E-state index is 13.1. The van der Waals surface area contributed by atoms with E-state index >= 15 is 0 Å². The lowest BCUT2D eigenvalue weighted by molar-refractivity contribution is -0.205. The van der Waals surface area contributed by atoms with Gasteiger partial charge in [-0.1, -0.05) is 29.8 Å². The van der Waals surface area contributed by atoms with E-state index in [0.717, 1.165) is 35.7 Å². The molecule has 2 aliphatic heterocycles. The first-order valence-corrected chi connectivity index (χ1v) is 14.0. The first-order valence-electron chi connectivity index (χ1n) is 13.2. The van der Waals surface area contributed by atoms with Gasteiger partial charge in [0.2, 0.25) is 0 Å². The number of hydrogen-bond donors (Lipinski definition) is 3. The minimum Gasteiger partial charge on any atom is -0.394 e. The summed E-state index contributed by atoms with van der Waals surface area (Å²) in [4.78, 5) is 16.9. The summed E-state index contributed by atoms with van der Waals surface area (Å²) >= 11 is 3.67. The molecule has 1 aromatic heterocycles. The number of carbonyl (C=O) groups is 1. The van der Waals surface area contributed by atoms with Gasteiger partial charge in [-0.2, -0.15) is 0 Å². The molecule has 3 aliphatic carbocycles. The number of aromatic nitrogens is 1. The number of aromatic amines is 1. The molecule has 3 heterocycles. The Morgan fingerprint density at radius 3 is 2.58 bits per heavy atom. The van der Waals surface area contributed by atoms with Crippen LogP contribution in [0.5, 0.6) is 0 Å². The van der Waals surface area contributed by atoms with Crippen LogP contribution in [0.4, 0.5) is 0 Å². The normalized spacial score (nSPS) is 39.5. The van der Waals surface area contributed by atoms with Gasteiger partial charge in [0.15, 0.2) is 17.7 Å². The molecule has 2 saturated carbocycles. The van der Waals surface area contributed by atoms with Crippen molar-refractivity contribution in [2.24, 2.45) is 17.3 Å². The first kappa shape index (κ1) is 24.8. The van der Waals surface area contributed by atoms with Crippen molar-refractivity contribution >= 4 is 32.6 Å². The van der Waals surface area contributed by atoms with Gasteiger partial charge in [-0.3, -0.25) is 4.79 Å². The number of ether oxygens (including phenoxy) is 2. The molecule has 2 aromatic rings. The number of hydrogen-bond acceptors (Lipinski definition) is 5. The average molecular weight is 559 g/mol. The Labute approximate surface area is 220 Å². The Balaban J connectivity index is 0.000000562. The molecule has 0 radical (unpaired) electrons. The van der Waals surface area contributed by atoms with Crippen LogP contribution in [0.1, 0.15) is 64.6 Å². The van der Waals surface area contributed by atoms with Crippen molar-refractivity contribution < 1.29 is 24.5 Å². The quantitative estimate of drug-likeness (QED) is 0.461. The Morgan fingerprint density at radius 1 is 1.11 bits per heavy atom. The average Bonchev–Trinajstić information content (AvgIpc) is 3.42. The van der Waals surface area contributed by atoms with Crippen LogP contribution in [-0.4, -0.2) is 51.7 Å². The standard InChI is InChI=1S/C27H30BrNO3.C2H6O2/c1-24(2)23-21(30)13-19-18-7-5-14-11-17-16-12-15(28)6-8-20(16)29-22(17)26(14,4)25(18,3)9-10-27(19,31-23)32-24;3-1-2-4/h6,8,12-14,18,23,29H,5,7,9-11H2,1-4H3;3-4H,1-2H2/t14?,18?,23?,25?,26-,27?;/m1./s1. The fraction of sp³-hybridized carbons (Fsp3) is 0.621. The Bertz CT molecular complexity index is 1280. The minimum atomic E-state index is -0.706. The molecule has 2 bridgehead atoms. The number of aliphatic hydroxyl groups excluding tert-OH is 2. The Morgan fingerprint density at radius 2 is 1.86 bits per heavy atom. The number of aliphatic hydroxyl groups is 2. The molecule has 6 atom stereocenters. The maximum Gasteiger partial charge on any atom is 0.193 e. The summed E-state index contributed by atoms with van der Waals surface area (Å²) in [5, 5.41) is 16.6. The number of H-pyrrole nitrogens is 1. The summed E-state index contributed by atoms with van der Waals surface area (Å²) in [5.74, 6) is 0.289. The highest BCUT2D eigenvalue weighted by Gasteiger charge is 2.69. The predicted molar refractivity (Wildman–Crippen MR) is 141 cm³/mol. The number of nitrogens with one attached hydrogen (secondary N) is 1. The van der Waals surface area contributed by atoms with E-state index in [1.54, 1.807) is 0 Å². The van der Waals surface area contributed by atoms with Crippen molar-refractivity contribution in [2.45, 2.75) is 82.7 Å². The Kier molecular flexibility index (Phi) is 5.51. The summed E-state index contributed by atoms with van der Waals surface area (Å²) in [6, 6.07) is 6.58. The molecule has 5 unspecified atom stereocenters. The molecule has 1 spiro atoms. The molecule has 36 heavy (non-hydrogen) atoms. The molecule has 1 aromatic carbocycles. The topological polar surface area (TPSA) is 91.8 Å². The van der Waals surface area contributed by atoms with Crippen molar-refractivity contribution in [2.75, 3.05) is 13.2 Å². The highest BCUT2D eigenvalue weighted by molar-refractivity contribution is 9.10. The van der Waals surface area contributed by atoms with Gasteiger partial charge in [0, 0.05) is 32.9 Å². The van der Waals surface area contributed by atoms with Gasteiger partial charge in [-0.05, 0) is 92.2 Å². The van der Waals surface area contributed by atoms with Crippen LogP contribution in [0.15, 0.2) is 34.3 Å². The summed E-state index contributed by atoms with van der Waals surface area (Å²) in [6.45, 7) is 8.72. The van der Waals surface area contributed by atoms with Crippen molar-refractivity contribution in [3.63, 3.8) is 0 Å². The summed E-state index contributed by atoms with van der Waals surface area (Å²) in [5.41, 5.74) is 4.78. The van der Waals surface area contributed by atoms with Crippen LogP contribution >= 0.6 is 15.9 Å². The summed E-state index contributed by atoms with van der Waals surface area (Å²) in [6.07, 6.45) is 6.71. The van der Waals surface area contributed by atoms with Gasteiger partial charge in [0.05, 0.1) is 13.2 Å². The molecule has 7 heteroatoms. The third-order valence-electron chi connectivity index (χ3n) is 10.2. The molecule has 3 N–H and O–H groups in total. The molecule has 1 saturated heterocycles. The molecular formula is C29H36BrNO5. The SMILES string of the molecule is CC1(C)OC23CCC4(C)C(CCC5Cc6c([nH]c7ccc(Br)cc67)[C@@]54C)C2=CC(=O)C1O3.OCCO. The van der Waals surface area contributed by atoms with E-state index in [1.165, 1.54) is 28.6 Å². The zero-order valence-electron chi connectivity index (χ0n) is 21.5. The number of rotatable bonds is 1. The number of carbonyl (C=O) groups excluding carboxylic acids is 1. The second-order valence-corrected chi connectivity index (χ2v) is 13.1. The van der Waals surface area contributed by atoms with Crippen LogP contribution in [-0.2, 0) is 26.1 Å². The van der Waals surface area contributed by atoms with Gasteiger partial charge in [-0.25, -0.2) is 0 Å². The molecule has 7 rings (SSSR count). The van der Waals surface area contributed by atoms with Crippen LogP contribution in [0.3, 0.4) is 0 Å². The second-order valence-electron chi connectivity index (χ2n) is 12.2. The van der Waals surface area contributed by atoms with Crippen LogP contribution in [0.25, 0.3) is 10.9 Å². The Hall–Kier alpha value is -1.51. The van der Waals surface area contributed by atoms with Gasteiger partial charge in [-0.15, -0.1) is 0 Å². The van der Waals surface area contributed by atoms with E-state index in [-0.39, 0.29) is 29.8 Å². The molecular weight excluding hydrogens is 522 g/mol. The summed E-state index contributed by atoms with van der Waals surface area (Å²) < 4.78 is 14.1. The van der Waals surface area contributed by atoms with Crippen molar-refractivity contribution in [3.8, 4) is 0 Å². The first-order chi connectivity index (χ1) is 17.0. The monoisotopic (exact) mass is 557 g/mol. The van der Waals surface area contributed by atoms with Gasteiger partial charge < -0.3 is 24.7 Å². The fourth-order valence-corrected chi connectivity index (χ4v) is 8.76. The highest BCUT2D eigenvalue weighted by Crippen LogP contribution is 2.70. The van der Waals surface area contributed by atoms with Crippen LogP contribution in [0, 0.1) is 17.3 Å². The van der Waals surface area contributed by atoms with E-state index in [9.17, 15) is 4.79 Å². The maximum absolute atomic E-state index is 13.1. The number of fused-ring (bicyclic) bond motifs is 9. The molecule has 3 fully saturated rings. The number of benzene rings is 1. The third kappa shape index (κ3) is 3.07. The lowest BCUT2D eigenvalue weighted by atomic mass is 9.44. The van der Waals surface area contributed by atoms with Crippen LogP contribution < -0.4 is 0 Å². The lowest BCUT2D eigenvalue weighted by Gasteiger charge is -2.61. The van der Waals surface area contributed by atoms with E-state index in [4.69, 9.17) is 19.7 Å². The van der Waals surface area contributed by atoms with Crippen molar-refractivity contribution in [1.29, 1.82) is 0 Å². The molecule has 0 amide bonds. The zero-order chi connectivity index (χ0) is 25.7.